The average Bonchev–Trinajstić information content (AvgIpc) is 3.23. The number of benzene rings is 2. The highest BCUT2D eigenvalue weighted by Gasteiger charge is 2.23. The van der Waals surface area contributed by atoms with Crippen LogP contribution < -0.4 is 5.32 Å². The van der Waals surface area contributed by atoms with Crippen molar-refractivity contribution in [3.63, 3.8) is 0 Å². The van der Waals surface area contributed by atoms with Crippen LogP contribution in [0.1, 0.15) is 24.8 Å². The molecule has 0 atom stereocenters. The van der Waals surface area contributed by atoms with E-state index >= 15 is 0 Å². The van der Waals surface area contributed by atoms with Crippen molar-refractivity contribution in [1.82, 2.24) is 5.32 Å². The summed E-state index contributed by atoms with van der Waals surface area (Å²) in [6, 6.07) is 11.5. The zero-order chi connectivity index (χ0) is 13.9. The van der Waals surface area contributed by atoms with Crippen LogP contribution in [0.3, 0.4) is 0 Å². The van der Waals surface area contributed by atoms with Gasteiger partial charge in [0.25, 0.3) is 0 Å². The Bertz CT molecular complexity index is 632. The monoisotopic (exact) mass is 269 g/mol. The second-order valence-electron chi connectivity index (χ2n) is 5.57. The molecule has 0 radical (unpaired) electrons. The number of hydrogen-bond acceptors (Lipinski definition) is 2. The maximum Gasteiger partial charge on any atom is 0.220 e. The van der Waals surface area contributed by atoms with E-state index in [4.69, 9.17) is 0 Å². The van der Waals surface area contributed by atoms with Crippen molar-refractivity contribution in [2.75, 3.05) is 6.54 Å². The number of aromatic hydroxyl groups is 1. The van der Waals surface area contributed by atoms with Gasteiger partial charge in [-0.05, 0) is 53.6 Å². The van der Waals surface area contributed by atoms with Crippen molar-refractivity contribution >= 4 is 16.7 Å². The highest BCUT2D eigenvalue weighted by molar-refractivity contribution is 5.87. The summed E-state index contributed by atoms with van der Waals surface area (Å²) in [5, 5.41) is 14.8. The fourth-order valence-corrected chi connectivity index (χ4v) is 2.54. The highest BCUT2D eigenvalue weighted by atomic mass is 16.3. The van der Waals surface area contributed by atoms with Crippen LogP contribution >= 0.6 is 0 Å². The Morgan fingerprint density at radius 1 is 1.25 bits per heavy atom. The molecule has 3 rings (SSSR count). The summed E-state index contributed by atoms with van der Waals surface area (Å²) in [6.45, 7) is 0.653. The van der Waals surface area contributed by atoms with Crippen molar-refractivity contribution < 1.29 is 9.90 Å². The number of hydrogen-bond donors (Lipinski definition) is 2. The zero-order valence-electron chi connectivity index (χ0n) is 11.4. The quantitative estimate of drug-likeness (QED) is 0.876. The zero-order valence-corrected chi connectivity index (χ0v) is 11.4. The minimum Gasteiger partial charge on any atom is -0.508 e. The van der Waals surface area contributed by atoms with Gasteiger partial charge in [0, 0.05) is 13.0 Å². The first kappa shape index (κ1) is 13.0. The third kappa shape index (κ3) is 3.10. The van der Waals surface area contributed by atoms with Crippen LogP contribution in [-0.2, 0) is 11.2 Å². The number of rotatable bonds is 5. The molecule has 1 saturated carbocycles. The Labute approximate surface area is 118 Å². The van der Waals surface area contributed by atoms with Crippen molar-refractivity contribution in [1.29, 1.82) is 0 Å². The second kappa shape index (κ2) is 5.53. The van der Waals surface area contributed by atoms with Gasteiger partial charge in [-0.15, -0.1) is 0 Å². The van der Waals surface area contributed by atoms with Crippen LogP contribution in [0.2, 0.25) is 0 Å². The smallest absolute Gasteiger partial charge is 0.220 e. The molecule has 3 nitrogen and oxygen atoms in total. The average molecular weight is 269 g/mol. The first-order valence-electron chi connectivity index (χ1n) is 7.20. The first-order chi connectivity index (χ1) is 9.72. The van der Waals surface area contributed by atoms with Crippen LogP contribution in [0.15, 0.2) is 36.4 Å². The molecule has 104 valence electrons. The van der Waals surface area contributed by atoms with Crippen molar-refractivity contribution in [2.45, 2.75) is 25.7 Å². The molecular formula is C17H19NO2. The first-order valence-corrected chi connectivity index (χ1v) is 7.20. The summed E-state index contributed by atoms with van der Waals surface area (Å²) in [5.74, 6) is 1.07. The SMILES string of the molecule is O=C(CC1CC1)NCCc1cccc2ccc(O)cc12. The minimum absolute atomic E-state index is 0.163. The summed E-state index contributed by atoms with van der Waals surface area (Å²) in [6.07, 6.45) is 3.87. The molecule has 0 heterocycles. The van der Waals surface area contributed by atoms with E-state index in [0.29, 0.717) is 18.9 Å². The molecule has 0 saturated heterocycles. The molecule has 0 unspecified atom stereocenters. The van der Waals surface area contributed by atoms with Gasteiger partial charge in [0.1, 0.15) is 5.75 Å². The van der Waals surface area contributed by atoms with Gasteiger partial charge in [-0.3, -0.25) is 4.79 Å². The lowest BCUT2D eigenvalue weighted by Crippen LogP contribution is -2.25. The molecular weight excluding hydrogens is 250 g/mol. The Hall–Kier alpha value is -2.03. The molecule has 0 aliphatic heterocycles. The predicted octanol–water partition coefficient (Wildman–Crippen LogP) is 3.00. The van der Waals surface area contributed by atoms with Gasteiger partial charge in [0.2, 0.25) is 5.91 Å². The maximum atomic E-state index is 11.7. The lowest BCUT2D eigenvalue weighted by Gasteiger charge is -2.08. The van der Waals surface area contributed by atoms with Gasteiger partial charge in [-0.2, -0.15) is 0 Å². The van der Waals surface area contributed by atoms with E-state index in [2.05, 4.69) is 11.4 Å². The molecule has 20 heavy (non-hydrogen) atoms. The fourth-order valence-electron chi connectivity index (χ4n) is 2.54. The number of nitrogens with one attached hydrogen (secondary N) is 1. The lowest BCUT2D eigenvalue weighted by atomic mass is 10.0. The summed E-state index contributed by atoms with van der Waals surface area (Å²) in [7, 11) is 0. The van der Waals surface area contributed by atoms with Crippen molar-refractivity contribution in [2.24, 2.45) is 5.92 Å². The molecule has 2 aromatic carbocycles. The lowest BCUT2D eigenvalue weighted by molar-refractivity contribution is -0.121. The molecule has 0 aromatic heterocycles. The largest absolute Gasteiger partial charge is 0.508 e. The van der Waals surface area contributed by atoms with Crippen LogP contribution in [0.5, 0.6) is 5.75 Å². The van der Waals surface area contributed by atoms with E-state index in [9.17, 15) is 9.90 Å². The molecule has 3 heteroatoms. The Morgan fingerprint density at radius 2 is 2.10 bits per heavy atom. The standard InChI is InChI=1S/C17H19NO2/c19-15-7-6-13-2-1-3-14(16(13)11-15)8-9-18-17(20)10-12-4-5-12/h1-3,6-7,11-12,19H,4-5,8-10H2,(H,18,20). The number of amides is 1. The molecule has 0 bridgehead atoms. The normalized spacial score (nSPS) is 14.4. The topological polar surface area (TPSA) is 49.3 Å². The number of phenols is 1. The van der Waals surface area contributed by atoms with E-state index in [0.717, 1.165) is 22.8 Å². The third-order valence-electron chi connectivity index (χ3n) is 3.84. The maximum absolute atomic E-state index is 11.7. The fraction of sp³-hybridized carbons (Fsp3) is 0.353. The molecule has 1 aliphatic rings. The Kier molecular flexibility index (Phi) is 3.59. The molecule has 1 amide bonds. The Morgan fingerprint density at radius 3 is 2.90 bits per heavy atom. The van der Waals surface area contributed by atoms with Crippen LogP contribution in [0.4, 0.5) is 0 Å². The number of carbonyl (C=O) groups excluding carboxylic acids is 1. The van der Waals surface area contributed by atoms with Crippen LogP contribution in [-0.4, -0.2) is 17.6 Å². The van der Waals surface area contributed by atoms with Gasteiger partial charge in [0.15, 0.2) is 0 Å². The van der Waals surface area contributed by atoms with Crippen molar-refractivity contribution in [3.8, 4) is 5.75 Å². The molecule has 2 N–H and O–H groups in total. The third-order valence-corrected chi connectivity index (χ3v) is 3.84. The van der Waals surface area contributed by atoms with Gasteiger partial charge < -0.3 is 10.4 Å². The molecule has 2 aromatic rings. The van der Waals surface area contributed by atoms with Gasteiger partial charge in [0.05, 0.1) is 0 Å². The summed E-state index contributed by atoms with van der Waals surface area (Å²) in [4.78, 5) is 11.7. The van der Waals surface area contributed by atoms with E-state index < -0.39 is 0 Å². The second-order valence-corrected chi connectivity index (χ2v) is 5.57. The highest BCUT2D eigenvalue weighted by Crippen LogP contribution is 2.32. The predicted molar refractivity (Wildman–Crippen MR) is 79.7 cm³/mol. The van der Waals surface area contributed by atoms with Gasteiger partial charge in [-0.1, -0.05) is 24.3 Å². The van der Waals surface area contributed by atoms with Crippen molar-refractivity contribution in [3.05, 3.63) is 42.0 Å². The van der Waals surface area contributed by atoms with Gasteiger partial charge in [-0.25, -0.2) is 0 Å². The summed E-state index contributed by atoms with van der Waals surface area (Å²) >= 11 is 0. The number of carbonyl (C=O) groups is 1. The van der Waals surface area contributed by atoms with Gasteiger partial charge >= 0.3 is 0 Å². The summed E-state index contributed by atoms with van der Waals surface area (Å²) in [5.41, 5.74) is 1.16. The Balaban J connectivity index is 1.64. The molecule has 1 fully saturated rings. The minimum atomic E-state index is 0.163. The van der Waals surface area contributed by atoms with E-state index in [1.807, 2.05) is 18.2 Å². The summed E-state index contributed by atoms with van der Waals surface area (Å²) < 4.78 is 0. The number of fused-ring (bicyclic) bond motifs is 1. The van der Waals surface area contributed by atoms with E-state index in [-0.39, 0.29) is 11.7 Å². The molecule has 0 spiro atoms. The van der Waals surface area contributed by atoms with Crippen LogP contribution in [0.25, 0.3) is 10.8 Å². The van der Waals surface area contributed by atoms with E-state index in [1.165, 1.54) is 12.8 Å². The van der Waals surface area contributed by atoms with Crippen LogP contribution in [0, 0.1) is 5.92 Å². The van der Waals surface area contributed by atoms with E-state index in [1.54, 1.807) is 12.1 Å². The molecule has 1 aliphatic carbocycles. The number of phenolic OH excluding ortho intramolecular Hbond substituents is 1.